The molecule has 5 heteroatoms. The number of hydrogen-bond acceptors (Lipinski definition) is 5. The number of nitrogens with one attached hydrogen (secondary N) is 1. The summed E-state index contributed by atoms with van der Waals surface area (Å²) in [7, 11) is 5.87. The lowest BCUT2D eigenvalue weighted by atomic mass is 10.1. The standard InChI is InChI=1S/C16H23N3OS/c1-12-18-14(11-21-12)9-17-16(10-19(2)3)13-5-7-15(20-4)8-6-13/h5-8,11,16-17H,9-10H2,1-4H3. The number of rotatable bonds is 7. The molecule has 21 heavy (non-hydrogen) atoms. The number of ether oxygens (including phenoxy) is 1. The van der Waals surface area contributed by atoms with Crippen LogP contribution in [-0.4, -0.2) is 37.6 Å². The molecule has 0 radical (unpaired) electrons. The molecule has 114 valence electrons. The zero-order valence-electron chi connectivity index (χ0n) is 13.1. The van der Waals surface area contributed by atoms with E-state index >= 15 is 0 Å². The predicted molar refractivity (Wildman–Crippen MR) is 88.0 cm³/mol. The molecule has 1 aromatic carbocycles. The topological polar surface area (TPSA) is 37.4 Å². The number of benzene rings is 1. The summed E-state index contributed by atoms with van der Waals surface area (Å²) in [6.07, 6.45) is 0. The summed E-state index contributed by atoms with van der Waals surface area (Å²) in [5.74, 6) is 0.887. The van der Waals surface area contributed by atoms with Crippen molar-refractivity contribution in [3.63, 3.8) is 0 Å². The summed E-state index contributed by atoms with van der Waals surface area (Å²) in [5, 5.41) is 6.82. The van der Waals surface area contributed by atoms with E-state index in [1.165, 1.54) is 5.56 Å². The molecule has 1 N–H and O–H groups in total. The number of methoxy groups -OCH3 is 1. The summed E-state index contributed by atoms with van der Waals surface area (Å²) >= 11 is 1.69. The van der Waals surface area contributed by atoms with E-state index in [9.17, 15) is 0 Å². The van der Waals surface area contributed by atoms with E-state index in [2.05, 4.69) is 46.8 Å². The van der Waals surface area contributed by atoms with Gasteiger partial charge in [-0.05, 0) is 38.7 Å². The molecule has 4 nitrogen and oxygen atoms in total. The average molecular weight is 305 g/mol. The molecule has 0 bridgehead atoms. The number of nitrogens with zero attached hydrogens (tertiary/aromatic N) is 2. The lowest BCUT2D eigenvalue weighted by Crippen LogP contribution is -2.31. The highest BCUT2D eigenvalue weighted by Crippen LogP contribution is 2.19. The molecule has 0 spiro atoms. The highest BCUT2D eigenvalue weighted by Gasteiger charge is 2.13. The lowest BCUT2D eigenvalue weighted by Gasteiger charge is -2.22. The molecule has 0 aliphatic rings. The Hall–Kier alpha value is -1.43. The van der Waals surface area contributed by atoms with Gasteiger partial charge in [0.25, 0.3) is 0 Å². The van der Waals surface area contributed by atoms with E-state index < -0.39 is 0 Å². The maximum Gasteiger partial charge on any atom is 0.118 e. The summed E-state index contributed by atoms with van der Waals surface area (Å²) in [5.41, 5.74) is 2.37. The molecule has 1 heterocycles. The number of likely N-dealkylation sites (N-methyl/N-ethyl adjacent to an activating group) is 1. The quantitative estimate of drug-likeness (QED) is 0.853. The van der Waals surface area contributed by atoms with Crippen molar-refractivity contribution in [2.75, 3.05) is 27.7 Å². The van der Waals surface area contributed by atoms with Crippen molar-refractivity contribution in [1.82, 2.24) is 15.2 Å². The fourth-order valence-corrected chi connectivity index (χ4v) is 2.82. The van der Waals surface area contributed by atoms with Gasteiger partial charge in [-0.1, -0.05) is 12.1 Å². The maximum absolute atomic E-state index is 5.22. The monoisotopic (exact) mass is 305 g/mol. The second-order valence-electron chi connectivity index (χ2n) is 5.33. The normalized spacial score (nSPS) is 12.6. The first-order valence-corrected chi connectivity index (χ1v) is 7.89. The molecule has 0 fully saturated rings. The van der Waals surface area contributed by atoms with Gasteiger partial charge in [0.2, 0.25) is 0 Å². The van der Waals surface area contributed by atoms with Crippen molar-refractivity contribution in [2.24, 2.45) is 0 Å². The third kappa shape index (κ3) is 4.81. The Morgan fingerprint density at radius 3 is 2.52 bits per heavy atom. The van der Waals surface area contributed by atoms with Gasteiger partial charge in [-0.2, -0.15) is 0 Å². The number of aromatic nitrogens is 1. The minimum Gasteiger partial charge on any atom is -0.497 e. The summed E-state index contributed by atoms with van der Waals surface area (Å²) < 4.78 is 5.22. The van der Waals surface area contributed by atoms with Gasteiger partial charge >= 0.3 is 0 Å². The lowest BCUT2D eigenvalue weighted by molar-refractivity contribution is 0.339. The fraction of sp³-hybridized carbons (Fsp3) is 0.438. The van der Waals surface area contributed by atoms with Crippen molar-refractivity contribution in [3.8, 4) is 5.75 Å². The molecule has 2 aromatic rings. The molecule has 0 aliphatic heterocycles. The maximum atomic E-state index is 5.22. The second-order valence-corrected chi connectivity index (χ2v) is 6.39. The molecular weight excluding hydrogens is 282 g/mol. The number of thiazole rings is 1. The van der Waals surface area contributed by atoms with Crippen LogP contribution in [0.2, 0.25) is 0 Å². The Bertz CT molecular complexity index is 551. The summed E-state index contributed by atoms with van der Waals surface area (Å²) in [4.78, 5) is 6.69. The third-order valence-corrected chi connectivity index (χ3v) is 4.08. The van der Waals surface area contributed by atoms with Gasteiger partial charge in [-0.25, -0.2) is 4.98 Å². The van der Waals surface area contributed by atoms with Crippen LogP contribution in [0.15, 0.2) is 29.6 Å². The van der Waals surface area contributed by atoms with Crippen molar-refractivity contribution < 1.29 is 4.74 Å². The Labute approximate surface area is 130 Å². The average Bonchev–Trinajstić information content (AvgIpc) is 2.89. The number of aryl methyl sites for hydroxylation is 1. The minimum absolute atomic E-state index is 0.271. The van der Waals surface area contributed by atoms with Crippen molar-refractivity contribution in [1.29, 1.82) is 0 Å². The van der Waals surface area contributed by atoms with Crippen LogP contribution in [0.3, 0.4) is 0 Å². The highest BCUT2D eigenvalue weighted by atomic mass is 32.1. The van der Waals surface area contributed by atoms with Gasteiger partial charge in [-0.3, -0.25) is 0 Å². The predicted octanol–water partition coefficient (Wildman–Crippen LogP) is 2.85. The molecular formula is C16H23N3OS. The van der Waals surface area contributed by atoms with Gasteiger partial charge < -0.3 is 15.0 Å². The third-order valence-electron chi connectivity index (χ3n) is 3.26. The van der Waals surface area contributed by atoms with E-state index in [1.807, 2.05) is 19.1 Å². The molecule has 1 atom stereocenters. The van der Waals surface area contributed by atoms with Crippen LogP contribution in [0.25, 0.3) is 0 Å². The molecule has 0 aliphatic carbocycles. The number of hydrogen-bond donors (Lipinski definition) is 1. The van der Waals surface area contributed by atoms with E-state index in [0.29, 0.717) is 0 Å². The molecule has 1 aromatic heterocycles. The fourth-order valence-electron chi connectivity index (χ4n) is 2.21. The van der Waals surface area contributed by atoms with E-state index in [-0.39, 0.29) is 6.04 Å². The van der Waals surface area contributed by atoms with Crippen molar-refractivity contribution >= 4 is 11.3 Å². The van der Waals surface area contributed by atoms with Gasteiger partial charge in [0.1, 0.15) is 5.75 Å². The van der Waals surface area contributed by atoms with Crippen LogP contribution in [0.4, 0.5) is 0 Å². The second kappa shape index (κ2) is 7.54. The molecule has 1 unspecified atom stereocenters. The highest BCUT2D eigenvalue weighted by molar-refractivity contribution is 7.09. The van der Waals surface area contributed by atoms with Gasteiger partial charge in [0.05, 0.1) is 17.8 Å². The Balaban J connectivity index is 2.05. The largest absolute Gasteiger partial charge is 0.497 e. The van der Waals surface area contributed by atoms with Gasteiger partial charge in [0.15, 0.2) is 0 Å². The van der Waals surface area contributed by atoms with Gasteiger partial charge in [-0.15, -0.1) is 11.3 Å². The Morgan fingerprint density at radius 1 is 1.29 bits per heavy atom. The van der Waals surface area contributed by atoms with E-state index in [0.717, 1.165) is 29.5 Å². The Kier molecular flexibility index (Phi) is 5.73. The van der Waals surface area contributed by atoms with Crippen LogP contribution in [0.5, 0.6) is 5.75 Å². The molecule has 0 amide bonds. The summed E-state index contributed by atoms with van der Waals surface area (Å²) in [6.45, 7) is 3.76. The zero-order valence-corrected chi connectivity index (χ0v) is 13.9. The van der Waals surface area contributed by atoms with Crippen LogP contribution >= 0.6 is 11.3 Å². The van der Waals surface area contributed by atoms with Crippen LogP contribution < -0.4 is 10.1 Å². The zero-order chi connectivity index (χ0) is 15.2. The SMILES string of the molecule is COc1ccc(C(CN(C)C)NCc2csc(C)n2)cc1. The first kappa shape index (κ1) is 15.9. The van der Waals surface area contributed by atoms with Gasteiger partial charge in [0, 0.05) is 24.5 Å². The first-order valence-electron chi connectivity index (χ1n) is 7.01. The summed E-state index contributed by atoms with van der Waals surface area (Å²) in [6, 6.07) is 8.52. The van der Waals surface area contributed by atoms with Crippen LogP contribution in [0, 0.1) is 6.92 Å². The molecule has 0 saturated heterocycles. The van der Waals surface area contributed by atoms with E-state index in [1.54, 1.807) is 18.4 Å². The minimum atomic E-state index is 0.271. The Morgan fingerprint density at radius 2 is 2.00 bits per heavy atom. The van der Waals surface area contributed by atoms with Crippen molar-refractivity contribution in [2.45, 2.75) is 19.5 Å². The van der Waals surface area contributed by atoms with Crippen LogP contribution in [-0.2, 0) is 6.54 Å². The van der Waals surface area contributed by atoms with Crippen molar-refractivity contribution in [3.05, 3.63) is 45.9 Å². The smallest absolute Gasteiger partial charge is 0.118 e. The molecule has 2 rings (SSSR count). The van der Waals surface area contributed by atoms with Crippen LogP contribution in [0.1, 0.15) is 22.3 Å². The molecule has 0 saturated carbocycles. The first-order chi connectivity index (χ1) is 10.1. The van der Waals surface area contributed by atoms with E-state index in [4.69, 9.17) is 4.74 Å².